The van der Waals surface area contributed by atoms with Crippen molar-refractivity contribution in [1.82, 2.24) is 9.55 Å². The molecule has 0 saturated heterocycles. The van der Waals surface area contributed by atoms with Gasteiger partial charge in [0.15, 0.2) is 0 Å². The minimum absolute atomic E-state index is 0.00118. The van der Waals surface area contributed by atoms with Crippen LogP contribution in [0.2, 0.25) is 0 Å². The molecule has 0 aliphatic heterocycles. The lowest BCUT2D eigenvalue weighted by Crippen LogP contribution is -1.99. The van der Waals surface area contributed by atoms with E-state index in [9.17, 15) is 13.6 Å². The summed E-state index contributed by atoms with van der Waals surface area (Å²) in [5, 5.41) is 8.93. The number of benzene rings is 2. The molecule has 3 rings (SSSR count). The first-order valence-corrected chi connectivity index (χ1v) is 6.62. The Bertz CT molecular complexity index is 877. The molecule has 0 aliphatic rings. The molecule has 0 atom stereocenters. The number of halogens is 3. The van der Waals surface area contributed by atoms with E-state index in [1.807, 2.05) is 0 Å². The number of carbonyl (C=O) groups is 1. The Balaban J connectivity index is 2.22. The van der Waals surface area contributed by atoms with Crippen LogP contribution in [-0.4, -0.2) is 20.6 Å². The lowest BCUT2D eigenvalue weighted by atomic mass is 10.2. The van der Waals surface area contributed by atoms with E-state index in [4.69, 9.17) is 5.11 Å². The van der Waals surface area contributed by atoms with Gasteiger partial charge in [-0.05, 0) is 40.2 Å². The van der Waals surface area contributed by atoms with Gasteiger partial charge in [-0.15, -0.1) is 0 Å². The predicted octanol–water partition coefficient (Wildman–Crippen LogP) is 3.76. The lowest BCUT2D eigenvalue weighted by Gasteiger charge is -2.07. The highest BCUT2D eigenvalue weighted by Gasteiger charge is 2.14. The zero-order valence-electron chi connectivity index (χ0n) is 10.3. The second-order valence-electron chi connectivity index (χ2n) is 4.34. The van der Waals surface area contributed by atoms with E-state index in [-0.39, 0.29) is 15.7 Å². The first-order chi connectivity index (χ1) is 9.97. The number of aromatic carboxylic acids is 1. The summed E-state index contributed by atoms with van der Waals surface area (Å²) in [4.78, 5) is 14.9. The van der Waals surface area contributed by atoms with E-state index in [0.29, 0.717) is 11.0 Å². The van der Waals surface area contributed by atoms with Crippen LogP contribution in [0, 0.1) is 11.6 Å². The third kappa shape index (κ3) is 2.29. The van der Waals surface area contributed by atoms with Crippen LogP contribution in [0.25, 0.3) is 16.7 Å². The number of carboxylic acid groups (broad SMARTS) is 1. The number of rotatable bonds is 2. The van der Waals surface area contributed by atoms with Crippen molar-refractivity contribution in [2.75, 3.05) is 0 Å². The summed E-state index contributed by atoms with van der Waals surface area (Å²) >= 11 is 2.91. The molecule has 3 aromatic rings. The van der Waals surface area contributed by atoms with Crippen LogP contribution in [0.15, 0.2) is 41.1 Å². The molecule has 2 aromatic carbocycles. The molecular weight excluding hydrogens is 346 g/mol. The Kier molecular flexibility index (Phi) is 3.21. The number of aromatic nitrogens is 2. The van der Waals surface area contributed by atoms with Crippen molar-refractivity contribution in [3.63, 3.8) is 0 Å². The van der Waals surface area contributed by atoms with Gasteiger partial charge in [-0.3, -0.25) is 4.57 Å². The molecule has 1 aromatic heterocycles. The average molecular weight is 353 g/mol. The lowest BCUT2D eigenvalue weighted by molar-refractivity contribution is 0.0697. The molecule has 0 radical (unpaired) electrons. The predicted molar refractivity (Wildman–Crippen MR) is 75.6 cm³/mol. The van der Waals surface area contributed by atoms with E-state index in [1.54, 1.807) is 0 Å². The van der Waals surface area contributed by atoms with Crippen molar-refractivity contribution >= 4 is 32.9 Å². The SMILES string of the molecule is O=C(O)c1ccc2c(c1)ncn2-c1cc(F)c(Br)cc1F. The number of imidazole rings is 1. The Morgan fingerprint density at radius 3 is 2.67 bits per heavy atom. The quantitative estimate of drug-likeness (QED) is 0.714. The molecule has 0 spiro atoms. The Morgan fingerprint density at radius 2 is 1.95 bits per heavy atom. The minimum Gasteiger partial charge on any atom is -0.478 e. The summed E-state index contributed by atoms with van der Waals surface area (Å²) in [5.74, 6) is -2.30. The van der Waals surface area contributed by atoms with Crippen molar-refractivity contribution in [1.29, 1.82) is 0 Å². The van der Waals surface area contributed by atoms with Crippen LogP contribution in [0.4, 0.5) is 8.78 Å². The maximum atomic E-state index is 14.0. The summed E-state index contributed by atoms with van der Waals surface area (Å²) in [6.07, 6.45) is 1.32. The fourth-order valence-corrected chi connectivity index (χ4v) is 2.35. The van der Waals surface area contributed by atoms with Crippen LogP contribution in [0.5, 0.6) is 0 Å². The van der Waals surface area contributed by atoms with Crippen molar-refractivity contribution < 1.29 is 18.7 Å². The largest absolute Gasteiger partial charge is 0.478 e. The van der Waals surface area contributed by atoms with E-state index in [1.165, 1.54) is 29.1 Å². The topological polar surface area (TPSA) is 55.1 Å². The third-order valence-electron chi connectivity index (χ3n) is 3.04. The molecule has 4 nitrogen and oxygen atoms in total. The van der Waals surface area contributed by atoms with E-state index < -0.39 is 17.6 Å². The van der Waals surface area contributed by atoms with Gasteiger partial charge in [0.25, 0.3) is 0 Å². The van der Waals surface area contributed by atoms with Gasteiger partial charge in [0.2, 0.25) is 0 Å². The summed E-state index contributed by atoms with van der Waals surface area (Å²) in [6.45, 7) is 0. The molecule has 0 bridgehead atoms. The van der Waals surface area contributed by atoms with Crippen LogP contribution in [-0.2, 0) is 0 Å². The zero-order valence-corrected chi connectivity index (χ0v) is 11.9. The van der Waals surface area contributed by atoms with Crippen molar-refractivity contribution in [2.45, 2.75) is 0 Å². The minimum atomic E-state index is -1.08. The zero-order chi connectivity index (χ0) is 15.1. The summed E-state index contributed by atoms with van der Waals surface area (Å²) < 4.78 is 29.0. The van der Waals surface area contributed by atoms with Crippen LogP contribution < -0.4 is 0 Å². The fraction of sp³-hybridized carbons (Fsp3) is 0. The molecule has 0 unspecified atom stereocenters. The Morgan fingerprint density at radius 1 is 1.19 bits per heavy atom. The van der Waals surface area contributed by atoms with Gasteiger partial charge in [-0.2, -0.15) is 0 Å². The molecule has 7 heteroatoms. The second kappa shape index (κ2) is 4.92. The standard InChI is InChI=1S/C14H7BrF2N2O2/c15-8-4-10(17)13(5-9(8)16)19-6-18-11-3-7(14(20)21)1-2-12(11)19/h1-6H,(H,20,21). The van der Waals surface area contributed by atoms with Gasteiger partial charge in [0, 0.05) is 6.07 Å². The van der Waals surface area contributed by atoms with Crippen molar-refractivity contribution in [3.05, 3.63) is 58.3 Å². The van der Waals surface area contributed by atoms with Crippen molar-refractivity contribution in [2.24, 2.45) is 0 Å². The van der Waals surface area contributed by atoms with Gasteiger partial charge in [-0.1, -0.05) is 0 Å². The van der Waals surface area contributed by atoms with E-state index in [2.05, 4.69) is 20.9 Å². The number of fused-ring (bicyclic) bond motifs is 1. The molecule has 106 valence electrons. The molecule has 0 fully saturated rings. The van der Waals surface area contributed by atoms with E-state index in [0.717, 1.165) is 12.1 Å². The van der Waals surface area contributed by atoms with Gasteiger partial charge in [-0.25, -0.2) is 18.6 Å². The van der Waals surface area contributed by atoms with E-state index >= 15 is 0 Å². The molecule has 21 heavy (non-hydrogen) atoms. The smallest absolute Gasteiger partial charge is 0.335 e. The number of hydrogen-bond acceptors (Lipinski definition) is 2. The number of nitrogens with zero attached hydrogens (tertiary/aromatic N) is 2. The van der Waals surface area contributed by atoms with Gasteiger partial charge in [0.05, 0.1) is 26.8 Å². The summed E-state index contributed by atoms with van der Waals surface area (Å²) in [7, 11) is 0. The average Bonchev–Trinajstić information content (AvgIpc) is 2.85. The normalized spacial score (nSPS) is 11.0. The maximum absolute atomic E-state index is 14.0. The van der Waals surface area contributed by atoms with Gasteiger partial charge >= 0.3 is 5.97 Å². The Labute approximate surface area is 125 Å². The number of hydrogen-bond donors (Lipinski definition) is 1. The highest BCUT2D eigenvalue weighted by molar-refractivity contribution is 9.10. The Hall–Kier alpha value is -2.28. The monoisotopic (exact) mass is 352 g/mol. The molecule has 0 amide bonds. The third-order valence-corrected chi connectivity index (χ3v) is 3.65. The van der Waals surface area contributed by atoms with Crippen molar-refractivity contribution in [3.8, 4) is 5.69 Å². The molecule has 0 saturated carbocycles. The van der Waals surface area contributed by atoms with Crippen LogP contribution in [0.3, 0.4) is 0 Å². The number of carboxylic acids is 1. The van der Waals surface area contributed by atoms with Gasteiger partial charge < -0.3 is 5.11 Å². The van der Waals surface area contributed by atoms with Crippen LogP contribution >= 0.6 is 15.9 Å². The first-order valence-electron chi connectivity index (χ1n) is 5.82. The van der Waals surface area contributed by atoms with Crippen LogP contribution in [0.1, 0.15) is 10.4 Å². The first kappa shape index (κ1) is 13.7. The molecule has 1 heterocycles. The highest BCUT2D eigenvalue weighted by atomic mass is 79.9. The summed E-state index contributed by atoms with van der Waals surface area (Å²) in [5.41, 5.74) is 0.953. The highest BCUT2D eigenvalue weighted by Crippen LogP contribution is 2.26. The van der Waals surface area contributed by atoms with Gasteiger partial charge in [0.1, 0.15) is 18.0 Å². The molecular formula is C14H7BrF2N2O2. The fourth-order valence-electron chi connectivity index (χ4n) is 2.03. The summed E-state index contributed by atoms with van der Waals surface area (Å²) in [6, 6.07) is 6.34. The molecule has 0 aliphatic carbocycles. The maximum Gasteiger partial charge on any atom is 0.335 e. The molecule has 1 N–H and O–H groups in total. The second-order valence-corrected chi connectivity index (χ2v) is 5.20.